The Morgan fingerprint density at radius 1 is 0.375 bits per heavy atom. The molecule has 6 aliphatic heterocycles. The third kappa shape index (κ3) is 7.90. The fourth-order valence-electron chi connectivity index (χ4n) is 11.3. The third-order valence-electron chi connectivity index (χ3n) is 14.3. The van der Waals surface area contributed by atoms with Gasteiger partial charge in [0.2, 0.25) is 0 Å². The SMILES string of the molecule is C[Si]1(CCC2CCC3OC3C2)O[Si](C)(CCC2CCC3OC3C2)O[Si](C)(CCC2CCC3CC2O3)O[Si](C)(CCC2CCC3OC3C2)O1. The zero-order valence-corrected chi connectivity index (χ0v) is 34.3. The maximum atomic E-state index is 7.67. The highest BCUT2D eigenvalue weighted by atomic mass is 28.5. The first-order chi connectivity index (χ1) is 23.0. The van der Waals surface area contributed by atoms with Crippen LogP contribution in [0.2, 0.25) is 50.4 Å². The summed E-state index contributed by atoms with van der Waals surface area (Å²) in [5.41, 5.74) is 0. The van der Waals surface area contributed by atoms with Gasteiger partial charge in [-0.05, 0) is 170 Å². The number of hydrogen-bond acceptors (Lipinski definition) is 8. The van der Waals surface area contributed by atoms with Gasteiger partial charge in [0.15, 0.2) is 0 Å². The average molecular weight is 737 g/mol. The average Bonchev–Trinajstić information content (AvgIpc) is 3.92. The lowest BCUT2D eigenvalue weighted by atomic mass is 9.79. The van der Waals surface area contributed by atoms with E-state index in [4.69, 9.17) is 35.4 Å². The molecule has 4 saturated carbocycles. The van der Waals surface area contributed by atoms with Crippen LogP contribution in [0, 0.1) is 23.7 Å². The summed E-state index contributed by atoms with van der Waals surface area (Å²) in [4.78, 5) is 0. The second kappa shape index (κ2) is 13.1. The van der Waals surface area contributed by atoms with E-state index in [9.17, 15) is 0 Å². The van der Waals surface area contributed by atoms with E-state index >= 15 is 0 Å². The van der Waals surface area contributed by atoms with Crippen LogP contribution in [0.5, 0.6) is 0 Å². The highest BCUT2D eigenvalue weighted by Crippen LogP contribution is 2.48. The predicted octanol–water partition coefficient (Wildman–Crippen LogP) is 8.18. The zero-order chi connectivity index (χ0) is 32.7. The molecular weight excluding hydrogens is 673 g/mol. The van der Waals surface area contributed by atoms with Crippen LogP contribution in [0.1, 0.15) is 103 Å². The van der Waals surface area contributed by atoms with Crippen LogP contribution in [0.4, 0.5) is 0 Å². The third-order valence-corrected chi connectivity index (χ3v) is 32.9. The molecule has 0 aromatic carbocycles. The van der Waals surface area contributed by atoms with Crippen LogP contribution in [0.3, 0.4) is 0 Å². The summed E-state index contributed by atoms with van der Waals surface area (Å²) in [7, 11) is -10.4. The molecule has 14 unspecified atom stereocenters. The van der Waals surface area contributed by atoms with Gasteiger partial charge in [-0.15, -0.1) is 0 Å². The van der Waals surface area contributed by atoms with Crippen molar-refractivity contribution in [2.24, 2.45) is 23.7 Å². The molecular formula is C36H64O8Si4. The Labute approximate surface area is 294 Å². The summed E-state index contributed by atoms with van der Waals surface area (Å²) in [6.07, 6.45) is 23.9. The molecule has 48 heavy (non-hydrogen) atoms. The summed E-state index contributed by atoms with van der Waals surface area (Å²) in [5.74, 6) is 2.82. The van der Waals surface area contributed by atoms with Crippen molar-refractivity contribution in [3.63, 3.8) is 0 Å². The van der Waals surface area contributed by atoms with Crippen LogP contribution in [0.15, 0.2) is 0 Å². The highest BCUT2D eigenvalue weighted by Gasteiger charge is 2.58. The normalized spacial score (nSPS) is 55.2. The van der Waals surface area contributed by atoms with E-state index in [-0.39, 0.29) is 0 Å². The number of fused-ring (bicyclic) bond motifs is 5. The smallest absolute Gasteiger partial charge is 0.317 e. The van der Waals surface area contributed by atoms with Crippen molar-refractivity contribution in [1.29, 1.82) is 0 Å². The molecule has 0 radical (unpaired) electrons. The number of rotatable bonds is 12. The molecule has 272 valence electrons. The number of ether oxygens (including phenoxy) is 4. The molecule has 4 aliphatic carbocycles. The first-order valence-corrected chi connectivity index (χ1v) is 30.5. The van der Waals surface area contributed by atoms with Crippen molar-refractivity contribution in [3.05, 3.63) is 0 Å². The zero-order valence-electron chi connectivity index (χ0n) is 30.3. The molecule has 0 aromatic heterocycles. The van der Waals surface area contributed by atoms with Crippen LogP contribution in [-0.4, -0.2) is 83.1 Å². The van der Waals surface area contributed by atoms with Crippen LogP contribution in [0.25, 0.3) is 0 Å². The monoisotopic (exact) mass is 736 g/mol. The van der Waals surface area contributed by atoms with Crippen LogP contribution < -0.4 is 0 Å². The molecule has 6 heterocycles. The van der Waals surface area contributed by atoms with E-state index in [1.807, 2.05) is 0 Å². The molecule has 6 saturated heterocycles. The van der Waals surface area contributed by atoms with Gasteiger partial charge in [0.25, 0.3) is 0 Å². The summed E-state index contributed by atoms with van der Waals surface area (Å²) < 4.78 is 54.7. The summed E-state index contributed by atoms with van der Waals surface area (Å²) >= 11 is 0. The minimum absolute atomic E-state index is 0.459. The van der Waals surface area contributed by atoms with Gasteiger partial charge in [-0.1, -0.05) is 0 Å². The molecule has 0 spiro atoms. The van der Waals surface area contributed by atoms with E-state index in [2.05, 4.69) is 26.2 Å². The van der Waals surface area contributed by atoms with Crippen molar-refractivity contribution >= 4 is 34.2 Å². The molecule has 0 aromatic rings. The number of hydrogen-bond donors (Lipinski definition) is 0. The van der Waals surface area contributed by atoms with Gasteiger partial charge in [-0.25, -0.2) is 0 Å². The first-order valence-electron chi connectivity index (χ1n) is 20.4. The van der Waals surface area contributed by atoms with Crippen molar-refractivity contribution in [2.75, 3.05) is 0 Å². The predicted molar refractivity (Wildman–Crippen MR) is 193 cm³/mol. The minimum Gasteiger partial charge on any atom is -0.416 e. The van der Waals surface area contributed by atoms with Crippen molar-refractivity contribution < 1.29 is 35.4 Å². The van der Waals surface area contributed by atoms with Gasteiger partial charge in [0.05, 0.1) is 48.8 Å². The van der Waals surface area contributed by atoms with E-state index in [0.29, 0.717) is 54.7 Å². The van der Waals surface area contributed by atoms with Gasteiger partial charge in [0, 0.05) is 6.42 Å². The van der Waals surface area contributed by atoms with E-state index < -0.39 is 34.2 Å². The Hall–Kier alpha value is 0.548. The lowest BCUT2D eigenvalue weighted by Crippen LogP contribution is -2.67. The molecule has 14 atom stereocenters. The second-order valence-electron chi connectivity index (χ2n) is 18.6. The Bertz CT molecular complexity index is 1120. The topological polar surface area (TPSA) is 83.7 Å². The molecule has 0 amide bonds. The van der Waals surface area contributed by atoms with Gasteiger partial charge >= 0.3 is 34.2 Å². The Morgan fingerprint density at radius 3 is 1.08 bits per heavy atom. The largest absolute Gasteiger partial charge is 0.416 e. The Balaban J connectivity index is 0.944. The fourth-order valence-corrected chi connectivity index (χ4v) is 35.1. The van der Waals surface area contributed by atoms with E-state index in [1.165, 1.54) is 96.3 Å². The quantitative estimate of drug-likeness (QED) is 0.147. The molecule has 2 bridgehead atoms. The van der Waals surface area contributed by atoms with Crippen molar-refractivity contribution in [3.8, 4) is 0 Å². The molecule has 8 nitrogen and oxygen atoms in total. The summed E-state index contributed by atoms with van der Waals surface area (Å²) in [6.45, 7) is 9.60. The maximum absolute atomic E-state index is 7.67. The molecule has 10 fully saturated rings. The minimum atomic E-state index is -2.62. The fraction of sp³-hybridized carbons (Fsp3) is 1.00. The lowest BCUT2D eigenvalue weighted by molar-refractivity contribution is -0.185. The molecule has 0 N–H and O–H groups in total. The van der Waals surface area contributed by atoms with Crippen molar-refractivity contribution in [1.82, 2.24) is 0 Å². The molecule has 12 heteroatoms. The van der Waals surface area contributed by atoms with Gasteiger partial charge < -0.3 is 35.4 Å². The highest BCUT2D eigenvalue weighted by molar-refractivity contribution is 6.93. The summed E-state index contributed by atoms with van der Waals surface area (Å²) in [5, 5.41) is 0. The lowest BCUT2D eigenvalue weighted by Gasteiger charge is -2.52. The van der Waals surface area contributed by atoms with Crippen molar-refractivity contribution in [2.45, 2.75) is 202 Å². The van der Waals surface area contributed by atoms with Gasteiger partial charge in [-0.2, -0.15) is 0 Å². The van der Waals surface area contributed by atoms with E-state index in [1.54, 1.807) is 0 Å². The van der Waals surface area contributed by atoms with Crippen LogP contribution >= 0.6 is 0 Å². The first kappa shape index (κ1) is 34.3. The number of epoxide rings is 3. The van der Waals surface area contributed by atoms with Gasteiger partial charge in [0.1, 0.15) is 0 Å². The molecule has 10 rings (SSSR count). The Morgan fingerprint density at radius 2 is 0.750 bits per heavy atom. The molecule has 10 aliphatic rings. The van der Waals surface area contributed by atoms with E-state index in [0.717, 1.165) is 48.4 Å². The van der Waals surface area contributed by atoms with Gasteiger partial charge in [-0.3, -0.25) is 0 Å². The second-order valence-corrected chi connectivity index (χ2v) is 33.0. The van der Waals surface area contributed by atoms with Crippen LogP contribution in [-0.2, 0) is 35.4 Å². The maximum Gasteiger partial charge on any atom is 0.317 e. The Kier molecular flexibility index (Phi) is 9.40. The standard InChI is InChI=1S/C36H64O8Si4/c1-45(17-13-25-5-10-30-34(21-25)38-30)41-46(2,18-14-26-6-11-31-35(22-26)39-31)43-48(4,20-16-28-8-9-29-24-33(28)37-29)44-47(3,42-45)19-15-27-7-12-32-36(23-27)40-32/h25-36H,5-24H2,1-4H3. The summed E-state index contributed by atoms with van der Waals surface area (Å²) in [6, 6.07) is 4.18.